The first-order chi connectivity index (χ1) is 13.4. The van der Waals surface area contributed by atoms with Crippen molar-refractivity contribution in [3.05, 3.63) is 65.2 Å². The number of piperazine rings is 1. The van der Waals surface area contributed by atoms with Crippen molar-refractivity contribution in [3.63, 3.8) is 0 Å². The number of amides is 1. The minimum absolute atomic E-state index is 0.000478. The highest BCUT2D eigenvalue weighted by Crippen LogP contribution is 2.21. The van der Waals surface area contributed by atoms with E-state index in [0.29, 0.717) is 43.4 Å². The molecule has 2 aromatic carbocycles. The highest BCUT2D eigenvalue weighted by Gasteiger charge is 2.28. The summed E-state index contributed by atoms with van der Waals surface area (Å²) in [5, 5.41) is 0.695. The molecule has 3 rings (SSSR count). The molecule has 5 nitrogen and oxygen atoms in total. The van der Waals surface area contributed by atoms with Crippen LogP contribution in [0.5, 0.6) is 0 Å². The Balaban J connectivity index is 1.44. The van der Waals surface area contributed by atoms with Crippen molar-refractivity contribution < 1.29 is 13.2 Å². The Morgan fingerprint density at radius 1 is 0.964 bits per heavy atom. The number of halogens is 1. The number of hydrogen-bond acceptors (Lipinski definition) is 4. The number of carbonyl (C=O) groups is 1. The lowest BCUT2D eigenvalue weighted by Gasteiger charge is -2.34. The summed E-state index contributed by atoms with van der Waals surface area (Å²) in [7, 11) is -3.36. The second kappa shape index (κ2) is 9.78. The Morgan fingerprint density at radius 2 is 1.61 bits per heavy atom. The summed E-state index contributed by atoms with van der Waals surface area (Å²) in [4.78, 5) is 15.3. The normalized spacial score (nSPS) is 15.5. The summed E-state index contributed by atoms with van der Waals surface area (Å²) in [6, 6.07) is 16.7. The van der Waals surface area contributed by atoms with Crippen LogP contribution in [0.15, 0.2) is 59.5 Å². The predicted octanol–water partition coefficient (Wildman–Crippen LogP) is 3.50. The van der Waals surface area contributed by atoms with Crippen LogP contribution in [0.4, 0.5) is 0 Å². The zero-order valence-electron chi connectivity index (χ0n) is 15.5. The van der Waals surface area contributed by atoms with E-state index in [4.69, 9.17) is 11.6 Å². The lowest BCUT2D eigenvalue weighted by Crippen LogP contribution is -2.50. The van der Waals surface area contributed by atoms with Gasteiger partial charge in [0.1, 0.15) is 0 Å². The number of hydrogen-bond donors (Lipinski definition) is 0. The molecule has 0 N–H and O–H groups in total. The molecule has 2 aromatic rings. The van der Waals surface area contributed by atoms with E-state index >= 15 is 0 Å². The van der Waals surface area contributed by atoms with Crippen LogP contribution in [0.25, 0.3) is 0 Å². The minimum atomic E-state index is -3.36. The average Bonchev–Trinajstić information content (AvgIpc) is 2.70. The zero-order chi connectivity index (χ0) is 20.0. The summed E-state index contributed by atoms with van der Waals surface area (Å²) in [6.45, 7) is 1.59. The molecule has 1 heterocycles. The largest absolute Gasteiger partial charge is 0.340 e. The fraction of sp³-hybridized carbons (Fsp3) is 0.350. The topological polar surface area (TPSA) is 57.7 Å². The molecule has 0 unspecified atom stereocenters. The Bertz CT molecular complexity index is 881. The van der Waals surface area contributed by atoms with Crippen molar-refractivity contribution in [2.24, 2.45) is 0 Å². The summed E-state index contributed by atoms with van der Waals surface area (Å²) < 4.78 is 26.7. The van der Waals surface area contributed by atoms with Gasteiger partial charge in [-0.15, -0.1) is 11.8 Å². The van der Waals surface area contributed by atoms with E-state index in [9.17, 15) is 13.2 Å². The molecule has 8 heteroatoms. The average molecular weight is 439 g/mol. The fourth-order valence-corrected chi connectivity index (χ4v) is 5.52. The van der Waals surface area contributed by atoms with E-state index in [1.54, 1.807) is 16.7 Å². The van der Waals surface area contributed by atoms with E-state index in [2.05, 4.69) is 0 Å². The number of sulfonamides is 1. The molecular weight excluding hydrogens is 416 g/mol. The van der Waals surface area contributed by atoms with Gasteiger partial charge in [0, 0.05) is 48.3 Å². The Morgan fingerprint density at radius 3 is 2.25 bits per heavy atom. The van der Waals surface area contributed by atoms with Crippen LogP contribution >= 0.6 is 23.4 Å². The highest BCUT2D eigenvalue weighted by molar-refractivity contribution is 7.99. The second-order valence-corrected chi connectivity index (χ2v) is 10.1. The van der Waals surface area contributed by atoms with Crippen LogP contribution in [-0.2, 0) is 20.6 Å². The third-order valence-electron chi connectivity index (χ3n) is 4.57. The lowest BCUT2D eigenvalue weighted by atomic mass is 10.2. The number of nitrogens with zero attached hydrogens (tertiary/aromatic N) is 2. The fourth-order valence-electron chi connectivity index (χ4n) is 3.04. The van der Waals surface area contributed by atoms with Gasteiger partial charge >= 0.3 is 0 Å². The predicted molar refractivity (Wildman–Crippen MR) is 114 cm³/mol. The van der Waals surface area contributed by atoms with E-state index in [1.165, 1.54) is 4.31 Å². The first-order valence-corrected chi connectivity index (χ1v) is 12.1. The van der Waals surface area contributed by atoms with Gasteiger partial charge in [0.15, 0.2) is 0 Å². The van der Waals surface area contributed by atoms with Gasteiger partial charge in [-0.3, -0.25) is 4.79 Å². The van der Waals surface area contributed by atoms with Crippen LogP contribution < -0.4 is 0 Å². The molecule has 1 aliphatic rings. The van der Waals surface area contributed by atoms with Crippen molar-refractivity contribution in [2.45, 2.75) is 17.1 Å². The van der Waals surface area contributed by atoms with Gasteiger partial charge in [-0.25, -0.2) is 8.42 Å². The molecule has 150 valence electrons. The maximum Gasteiger partial charge on any atom is 0.223 e. The Kier molecular flexibility index (Phi) is 7.40. The van der Waals surface area contributed by atoms with Crippen molar-refractivity contribution >= 4 is 39.3 Å². The number of rotatable bonds is 7. The zero-order valence-corrected chi connectivity index (χ0v) is 17.8. The van der Waals surface area contributed by atoms with Gasteiger partial charge in [-0.2, -0.15) is 4.31 Å². The van der Waals surface area contributed by atoms with Gasteiger partial charge < -0.3 is 4.90 Å². The lowest BCUT2D eigenvalue weighted by molar-refractivity contribution is -0.131. The molecule has 0 aromatic heterocycles. The molecule has 1 amide bonds. The van der Waals surface area contributed by atoms with Gasteiger partial charge in [0.2, 0.25) is 15.9 Å². The number of benzene rings is 2. The smallest absolute Gasteiger partial charge is 0.223 e. The first-order valence-electron chi connectivity index (χ1n) is 9.12. The van der Waals surface area contributed by atoms with E-state index in [0.717, 1.165) is 10.5 Å². The monoisotopic (exact) mass is 438 g/mol. The summed E-state index contributed by atoms with van der Waals surface area (Å²) in [5.74, 6) is 0.758. The summed E-state index contributed by atoms with van der Waals surface area (Å²) in [5.41, 5.74) is 0.778. The Labute approximate surface area is 175 Å². The van der Waals surface area contributed by atoms with Crippen LogP contribution in [0.3, 0.4) is 0 Å². The SMILES string of the molecule is O=C(CCSc1ccc(Cl)cc1)N1CCN(S(=O)(=O)Cc2ccccc2)CC1. The van der Waals surface area contributed by atoms with Gasteiger partial charge in [0.25, 0.3) is 0 Å². The van der Waals surface area contributed by atoms with Crippen molar-refractivity contribution in [1.82, 2.24) is 9.21 Å². The molecule has 0 saturated carbocycles. The number of carbonyl (C=O) groups excluding carboxylic acids is 1. The molecule has 0 atom stereocenters. The minimum Gasteiger partial charge on any atom is -0.340 e. The molecule has 1 aliphatic heterocycles. The maximum absolute atomic E-state index is 12.6. The Hall–Kier alpha value is -1.54. The van der Waals surface area contributed by atoms with E-state index < -0.39 is 10.0 Å². The molecule has 0 aliphatic carbocycles. The van der Waals surface area contributed by atoms with Crippen LogP contribution in [0.1, 0.15) is 12.0 Å². The first kappa shape index (κ1) is 21.2. The molecule has 1 fully saturated rings. The van der Waals surface area contributed by atoms with Gasteiger partial charge in [-0.1, -0.05) is 41.9 Å². The van der Waals surface area contributed by atoms with Gasteiger partial charge in [0.05, 0.1) is 5.75 Å². The second-order valence-electron chi connectivity index (χ2n) is 6.57. The van der Waals surface area contributed by atoms with Crippen molar-refractivity contribution in [2.75, 3.05) is 31.9 Å². The van der Waals surface area contributed by atoms with Crippen molar-refractivity contribution in [3.8, 4) is 0 Å². The molecule has 1 saturated heterocycles. The maximum atomic E-state index is 12.6. The third-order valence-corrected chi connectivity index (χ3v) is 7.69. The van der Waals surface area contributed by atoms with E-state index in [-0.39, 0.29) is 11.7 Å². The van der Waals surface area contributed by atoms with Crippen LogP contribution in [-0.4, -0.2) is 55.5 Å². The highest BCUT2D eigenvalue weighted by atomic mass is 35.5. The van der Waals surface area contributed by atoms with Crippen LogP contribution in [0, 0.1) is 0 Å². The molecule has 0 radical (unpaired) electrons. The molecule has 0 bridgehead atoms. The standard InChI is InChI=1S/C20H23ClN2O3S2/c21-18-6-8-19(9-7-18)27-15-10-20(24)22-11-13-23(14-12-22)28(25,26)16-17-4-2-1-3-5-17/h1-9H,10-16H2. The molecule has 28 heavy (non-hydrogen) atoms. The number of thioether (sulfide) groups is 1. The molecular formula is C20H23ClN2O3S2. The summed E-state index contributed by atoms with van der Waals surface area (Å²) >= 11 is 7.49. The van der Waals surface area contributed by atoms with Crippen LogP contribution in [0.2, 0.25) is 5.02 Å². The van der Waals surface area contributed by atoms with Gasteiger partial charge in [-0.05, 0) is 29.8 Å². The van der Waals surface area contributed by atoms with Crippen molar-refractivity contribution in [1.29, 1.82) is 0 Å². The third kappa shape index (κ3) is 5.98. The molecule has 0 spiro atoms. The van der Waals surface area contributed by atoms with E-state index in [1.807, 2.05) is 54.6 Å². The quantitative estimate of drug-likeness (QED) is 0.621. The summed E-state index contributed by atoms with van der Waals surface area (Å²) in [6.07, 6.45) is 0.435.